The summed E-state index contributed by atoms with van der Waals surface area (Å²) in [5.41, 5.74) is 3.84. The van der Waals surface area contributed by atoms with E-state index in [4.69, 9.17) is 9.47 Å². The zero-order chi connectivity index (χ0) is 10.8. The molecule has 1 aromatic rings. The summed E-state index contributed by atoms with van der Waals surface area (Å²) in [6, 6.07) is 6.97. The maximum atomic E-state index is 5.46. The average molecular weight is 219 g/mol. The quantitative estimate of drug-likeness (QED) is 0.828. The molecule has 0 amide bonds. The van der Waals surface area contributed by atoms with Crippen molar-refractivity contribution in [2.45, 2.75) is 32.1 Å². The first-order chi connectivity index (χ1) is 7.92. The number of hydrogen-bond acceptors (Lipinski definition) is 3. The van der Waals surface area contributed by atoms with E-state index < -0.39 is 0 Å². The number of fused-ring (bicyclic) bond motifs is 1. The molecule has 0 radical (unpaired) electrons. The van der Waals surface area contributed by atoms with Crippen LogP contribution in [-0.4, -0.2) is 19.3 Å². The van der Waals surface area contributed by atoms with Gasteiger partial charge in [-0.25, -0.2) is 0 Å². The van der Waals surface area contributed by atoms with E-state index in [0.717, 1.165) is 32.8 Å². The fraction of sp³-hybridized carbons (Fsp3) is 0.538. The molecule has 1 N–H and O–H groups in total. The van der Waals surface area contributed by atoms with E-state index in [1.807, 2.05) is 0 Å². The summed E-state index contributed by atoms with van der Waals surface area (Å²) in [5, 5.41) is 3.53. The number of hydrogen-bond donors (Lipinski definition) is 1. The van der Waals surface area contributed by atoms with Gasteiger partial charge in [-0.1, -0.05) is 6.07 Å². The number of ether oxygens (including phenoxy) is 2. The van der Waals surface area contributed by atoms with Crippen molar-refractivity contribution in [2.75, 3.05) is 18.5 Å². The predicted octanol–water partition coefficient (Wildman–Crippen LogP) is 2.31. The molecule has 2 aliphatic rings. The van der Waals surface area contributed by atoms with Crippen LogP contribution in [0, 0.1) is 0 Å². The van der Waals surface area contributed by atoms with Crippen LogP contribution in [0.25, 0.3) is 0 Å². The Morgan fingerprint density at radius 2 is 2.06 bits per heavy atom. The van der Waals surface area contributed by atoms with Gasteiger partial charge in [0.25, 0.3) is 0 Å². The molecule has 3 nitrogen and oxygen atoms in total. The molecule has 1 saturated heterocycles. The molecule has 1 unspecified atom stereocenters. The number of benzene rings is 1. The molecule has 0 aliphatic carbocycles. The third-order valence-electron chi connectivity index (χ3n) is 3.25. The summed E-state index contributed by atoms with van der Waals surface area (Å²) in [4.78, 5) is 0. The van der Waals surface area contributed by atoms with Crippen molar-refractivity contribution >= 4 is 5.69 Å². The fourth-order valence-electron chi connectivity index (χ4n) is 2.35. The van der Waals surface area contributed by atoms with Crippen molar-refractivity contribution in [3.8, 4) is 0 Å². The second-order valence-electron chi connectivity index (χ2n) is 4.53. The lowest BCUT2D eigenvalue weighted by atomic mass is 10.1. The van der Waals surface area contributed by atoms with Gasteiger partial charge >= 0.3 is 0 Å². The minimum absolute atomic E-state index is 0.467. The highest BCUT2D eigenvalue weighted by Crippen LogP contribution is 2.24. The summed E-state index contributed by atoms with van der Waals surface area (Å²) < 4.78 is 10.9. The molecule has 0 spiro atoms. The van der Waals surface area contributed by atoms with Crippen molar-refractivity contribution in [1.29, 1.82) is 0 Å². The highest BCUT2D eigenvalue weighted by atomic mass is 16.5. The monoisotopic (exact) mass is 219 g/mol. The molecule has 2 aliphatic heterocycles. The normalized spacial score (nSPS) is 24.1. The maximum absolute atomic E-state index is 5.46. The summed E-state index contributed by atoms with van der Waals surface area (Å²) in [7, 11) is 0. The van der Waals surface area contributed by atoms with Crippen LogP contribution in [0.4, 0.5) is 5.69 Å². The first kappa shape index (κ1) is 10.1. The van der Waals surface area contributed by atoms with Gasteiger partial charge in [0, 0.05) is 18.3 Å². The van der Waals surface area contributed by atoms with E-state index >= 15 is 0 Å². The van der Waals surface area contributed by atoms with Crippen molar-refractivity contribution < 1.29 is 9.47 Å². The van der Waals surface area contributed by atoms with Crippen LogP contribution < -0.4 is 5.32 Å². The lowest BCUT2D eigenvalue weighted by molar-refractivity contribution is 0.0876. The van der Waals surface area contributed by atoms with Crippen LogP contribution in [0.5, 0.6) is 0 Å². The topological polar surface area (TPSA) is 30.5 Å². The standard InChI is InChI=1S/C13H17NO2/c1-2-13(9-15-5-1)14-12-4-3-10-7-16-8-11(10)6-12/h3-4,6,13-14H,1-2,5,7-9H2. The van der Waals surface area contributed by atoms with Crippen molar-refractivity contribution in [1.82, 2.24) is 0 Å². The predicted molar refractivity (Wildman–Crippen MR) is 62.4 cm³/mol. The van der Waals surface area contributed by atoms with Gasteiger partial charge in [-0.05, 0) is 36.1 Å². The van der Waals surface area contributed by atoms with E-state index in [1.165, 1.54) is 23.2 Å². The van der Waals surface area contributed by atoms with E-state index in [-0.39, 0.29) is 0 Å². The average Bonchev–Trinajstić information content (AvgIpc) is 2.77. The van der Waals surface area contributed by atoms with Crippen LogP contribution in [0.1, 0.15) is 24.0 Å². The summed E-state index contributed by atoms with van der Waals surface area (Å²) in [5.74, 6) is 0. The minimum atomic E-state index is 0.467. The Bertz CT molecular complexity index is 372. The van der Waals surface area contributed by atoms with Gasteiger partial charge in [0.05, 0.1) is 19.8 Å². The fourth-order valence-corrected chi connectivity index (χ4v) is 2.35. The lowest BCUT2D eigenvalue weighted by Gasteiger charge is -2.24. The van der Waals surface area contributed by atoms with Crippen molar-refractivity contribution in [2.24, 2.45) is 0 Å². The first-order valence-electron chi connectivity index (χ1n) is 5.96. The van der Waals surface area contributed by atoms with Crippen LogP contribution in [0.2, 0.25) is 0 Å². The smallest absolute Gasteiger partial charge is 0.0725 e. The third-order valence-corrected chi connectivity index (χ3v) is 3.25. The first-order valence-corrected chi connectivity index (χ1v) is 5.96. The molecule has 0 aromatic heterocycles. The SMILES string of the molecule is c1cc2c(cc1NC1CCCOC1)COC2. The Balaban J connectivity index is 1.69. The Morgan fingerprint density at radius 1 is 1.12 bits per heavy atom. The van der Waals surface area contributed by atoms with E-state index in [1.54, 1.807) is 0 Å². The van der Waals surface area contributed by atoms with Crippen molar-refractivity contribution in [3.05, 3.63) is 29.3 Å². The maximum Gasteiger partial charge on any atom is 0.0725 e. The molecule has 86 valence electrons. The van der Waals surface area contributed by atoms with E-state index in [9.17, 15) is 0 Å². The molecular formula is C13H17NO2. The number of nitrogens with one attached hydrogen (secondary N) is 1. The molecule has 2 heterocycles. The van der Waals surface area contributed by atoms with E-state index in [0.29, 0.717) is 6.04 Å². The molecular weight excluding hydrogens is 202 g/mol. The molecule has 3 rings (SSSR count). The van der Waals surface area contributed by atoms with E-state index in [2.05, 4.69) is 23.5 Å². The van der Waals surface area contributed by atoms with Crippen LogP contribution in [0.15, 0.2) is 18.2 Å². The van der Waals surface area contributed by atoms with Gasteiger partial charge in [0.15, 0.2) is 0 Å². The largest absolute Gasteiger partial charge is 0.380 e. The van der Waals surface area contributed by atoms with Gasteiger partial charge in [0.1, 0.15) is 0 Å². The number of anilines is 1. The Hall–Kier alpha value is -1.06. The van der Waals surface area contributed by atoms with Crippen LogP contribution in [0.3, 0.4) is 0 Å². The highest BCUT2D eigenvalue weighted by Gasteiger charge is 2.15. The Kier molecular flexibility index (Phi) is 2.80. The lowest BCUT2D eigenvalue weighted by Crippen LogP contribution is -2.29. The summed E-state index contributed by atoms with van der Waals surface area (Å²) in [6.07, 6.45) is 2.36. The van der Waals surface area contributed by atoms with Crippen LogP contribution in [-0.2, 0) is 22.7 Å². The molecule has 1 atom stereocenters. The second-order valence-corrected chi connectivity index (χ2v) is 4.53. The molecule has 3 heteroatoms. The zero-order valence-corrected chi connectivity index (χ0v) is 9.37. The van der Waals surface area contributed by atoms with Gasteiger partial charge in [-0.2, -0.15) is 0 Å². The van der Waals surface area contributed by atoms with Crippen molar-refractivity contribution in [3.63, 3.8) is 0 Å². The second kappa shape index (κ2) is 4.44. The third kappa shape index (κ3) is 2.06. The Morgan fingerprint density at radius 3 is 2.94 bits per heavy atom. The highest BCUT2D eigenvalue weighted by molar-refractivity contribution is 5.50. The number of rotatable bonds is 2. The summed E-state index contributed by atoms with van der Waals surface area (Å²) >= 11 is 0. The van der Waals surface area contributed by atoms with Gasteiger partial charge in [-0.15, -0.1) is 0 Å². The molecule has 0 bridgehead atoms. The zero-order valence-electron chi connectivity index (χ0n) is 9.37. The van der Waals surface area contributed by atoms with Gasteiger partial charge in [0.2, 0.25) is 0 Å². The molecule has 0 saturated carbocycles. The Labute approximate surface area is 95.8 Å². The minimum Gasteiger partial charge on any atom is -0.380 e. The van der Waals surface area contributed by atoms with Gasteiger partial charge < -0.3 is 14.8 Å². The van der Waals surface area contributed by atoms with Crippen LogP contribution >= 0.6 is 0 Å². The van der Waals surface area contributed by atoms with Gasteiger partial charge in [-0.3, -0.25) is 0 Å². The molecule has 1 fully saturated rings. The summed E-state index contributed by atoms with van der Waals surface area (Å²) in [6.45, 7) is 3.26. The molecule has 1 aromatic carbocycles. The molecule has 16 heavy (non-hydrogen) atoms.